The van der Waals surface area contributed by atoms with Gasteiger partial charge in [-0.25, -0.2) is 8.42 Å². The molecular formula is C18H18O5S2. The minimum Gasteiger partial charge on any atom is -0.454 e. The average molecular weight is 378 g/mol. The third kappa shape index (κ3) is 3.34. The van der Waals surface area contributed by atoms with Crippen molar-refractivity contribution in [3.05, 3.63) is 53.6 Å². The monoisotopic (exact) mass is 378 g/mol. The van der Waals surface area contributed by atoms with Crippen LogP contribution < -0.4 is 9.47 Å². The molecule has 0 radical (unpaired) electrons. The molecule has 132 valence electrons. The lowest BCUT2D eigenvalue weighted by atomic mass is 10.1. The summed E-state index contributed by atoms with van der Waals surface area (Å²) in [5.74, 6) is 0.490. The Kier molecular flexibility index (Phi) is 4.71. The van der Waals surface area contributed by atoms with Crippen molar-refractivity contribution >= 4 is 30.3 Å². The first kappa shape index (κ1) is 17.7. The summed E-state index contributed by atoms with van der Waals surface area (Å²) in [6.45, 7) is 1.97. The Bertz CT molecular complexity index is 969. The molecule has 0 N–H and O–H groups in total. The fourth-order valence-electron chi connectivity index (χ4n) is 2.51. The van der Waals surface area contributed by atoms with Crippen molar-refractivity contribution in [3.63, 3.8) is 0 Å². The Labute approximate surface area is 149 Å². The normalized spacial score (nSPS) is 13.1. The highest BCUT2D eigenvalue weighted by Crippen LogP contribution is 2.33. The molecule has 0 atom stereocenters. The average Bonchev–Trinajstić information content (AvgIpc) is 3.02. The van der Waals surface area contributed by atoms with E-state index >= 15 is 0 Å². The molecule has 2 aromatic carbocycles. The van der Waals surface area contributed by atoms with Gasteiger partial charge < -0.3 is 9.47 Å². The number of carbonyl (C=O) groups excluding carboxylic acids is 1. The van der Waals surface area contributed by atoms with E-state index in [2.05, 4.69) is 0 Å². The molecule has 1 aliphatic rings. The van der Waals surface area contributed by atoms with Gasteiger partial charge in [0, 0.05) is 5.56 Å². The number of hydrogen-bond donors (Lipinski definition) is 0. The Morgan fingerprint density at radius 1 is 1.00 bits per heavy atom. The molecule has 0 saturated heterocycles. The largest absolute Gasteiger partial charge is 0.454 e. The van der Waals surface area contributed by atoms with E-state index in [1.165, 1.54) is 18.2 Å². The Balaban J connectivity index is 2.06. The third-order valence-corrected chi connectivity index (χ3v) is 7.92. The summed E-state index contributed by atoms with van der Waals surface area (Å²) in [5.41, 5.74) is 1.23. The zero-order valence-electron chi connectivity index (χ0n) is 14.1. The molecule has 25 heavy (non-hydrogen) atoms. The smallest absolute Gasteiger partial charge is 0.231 e. The van der Waals surface area contributed by atoms with Crippen LogP contribution in [0.25, 0.3) is 0 Å². The zero-order valence-corrected chi connectivity index (χ0v) is 15.7. The predicted octanol–water partition coefficient (Wildman–Crippen LogP) is 3.04. The first-order valence-electron chi connectivity index (χ1n) is 7.51. The van der Waals surface area contributed by atoms with Crippen LogP contribution in [-0.2, 0) is 9.84 Å². The lowest BCUT2D eigenvalue weighted by Gasteiger charge is -2.12. The van der Waals surface area contributed by atoms with E-state index in [1.54, 1.807) is 36.8 Å². The molecule has 0 aromatic heterocycles. The highest BCUT2D eigenvalue weighted by atomic mass is 32.2. The van der Waals surface area contributed by atoms with Gasteiger partial charge in [0.1, 0.15) is 4.20 Å². The maximum atomic E-state index is 13.0. The van der Waals surface area contributed by atoms with Crippen molar-refractivity contribution in [1.82, 2.24) is 0 Å². The van der Waals surface area contributed by atoms with Gasteiger partial charge >= 0.3 is 0 Å². The van der Waals surface area contributed by atoms with Gasteiger partial charge in [0.2, 0.25) is 22.4 Å². The first-order valence-corrected chi connectivity index (χ1v) is 11.0. The number of fused-ring (bicyclic) bond motifs is 1. The van der Waals surface area contributed by atoms with Crippen LogP contribution in [0, 0.1) is 6.92 Å². The molecule has 0 bridgehead atoms. The van der Waals surface area contributed by atoms with Crippen molar-refractivity contribution < 1.29 is 22.7 Å². The number of sulfone groups is 1. The van der Waals surface area contributed by atoms with Crippen molar-refractivity contribution in [3.8, 4) is 11.5 Å². The lowest BCUT2D eigenvalue weighted by Crippen LogP contribution is -2.25. The van der Waals surface area contributed by atoms with Crippen LogP contribution in [0.1, 0.15) is 15.9 Å². The SMILES string of the molecule is Cc1ccc(S(=O)(=O)C(C(=O)c2ccc3c(c2)OCO3)=S(C)C)cc1. The summed E-state index contributed by atoms with van der Waals surface area (Å²) in [4.78, 5) is 13.1. The zero-order chi connectivity index (χ0) is 18.2. The summed E-state index contributed by atoms with van der Waals surface area (Å²) in [7, 11) is -4.62. The number of aryl methyl sites for hydroxylation is 1. The van der Waals surface area contributed by atoms with Crippen LogP contribution in [0.5, 0.6) is 11.5 Å². The molecule has 1 aliphatic heterocycles. The summed E-state index contributed by atoms with van der Waals surface area (Å²) in [5, 5.41) is 0. The Morgan fingerprint density at radius 3 is 2.28 bits per heavy atom. The molecule has 3 rings (SSSR count). The number of ether oxygens (including phenoxy) is 2. The molecule has 5 nitrogen and oxygen atoms in total. The van der Waals surface area contributed by atoms with Crippen molar-refractivity contribution in [2.45, 2.75) is 11.8 Å². The summed E-state index contributed by atoms with van der Waals surface area (Å²) < 4.78 is 36.5. The maximum absolute atomic E-state index is 13.0. The molecule has 0 aliphatic carbocycles. The number of hydrogen-bond acceptors (Lipinski definition) is 5. The van der Waals surface area contributed by atoms with E-state index in [0.29, 0.717) is 11.5 Å². The third-order valence-electron chi connectivity index (χ3n) is 3.77. The fourth-order valence-corrected chi connectivity index (χ4v) is 6.11. The van der Waals surface area contributed by atoms with Crippen LogP contribution >= 0.6 is 10.5 Å². The second kappa shape index (κ2) is 6.65. The minimum absolute atomic E-state index is 0.0944. The van der Waals surface area contributed by atoms with Gasteiger partial charge in [-0.1, -0.05) is 17.7 Å². The number of Topliss-reactive ketones (excluding diaryl/α,β-unsaturated/α-hetero) is 1. The number of rotatable bonds is 3. The number of benzene rings is 2. The van der Waals surface area contributed by atoms with Gasteiger partial charge in [0.05, 0.1) is 4.90 Å². The topological polar surface area (TPSA) is 69.7 Å². The standard InChI is InChI=1S/C18H18O5S2/c1-12-4-7-14(8-5-12)25(20,21)18(24(2)3)17(19)13-6-9-15-16(10-13)23-11-22-15/h4-10H,11H2,1-3H3. The van der Waals surface area contributed by atoms with E-state index in [0.717, 1.165) is 5.56 Å². The first-order chi connectivity index (χ1) is 11.8. The lowest BCUT2D eigenvalue weighted by molar-refractivity contribution is 0.107. The fraction of sp³-hybridized carbons (Fsp3) is 0.222. The van der Waals surface area contributed by atoms with Crippen LogP contribution in [0.15, 0.2) is 47.4 Å². The minimum atomic E-state index is -3.87. The van der Waals surface area contributed by atoms with Crippen molar-refractivity contribution in [1.29, 1.82) is 0 Å². The van der Waals surface area contributed by atoms with Crippen LogP contribution in [0.4, 0.5) is 0 Å². The maximum Gasteiger partial charge on any atom is 0.231 e. The van der Waals surface area contributed by atoms with E-state index in [9.17, 15) is 13.2 Å². The van der Waals surface area contributed by atoms with Gasteiger partial charge in [-0.3, -0.25) is 4.79 Å². The summed E-state index contributed by atoms with van der Waals surface area (Å²) >= 11 is 0. The molecule has 0 saturated carbocycles. The highest BCUT2D eigenvalue weighted by Gasteiger charge is 2.30. The number of ketones is 1. The molecule has 7 heteroatoms. The van der Waals surface area contributed by atoms with Gasteiger partial charge in [-0.2, -0.15) is 10.5 Å². The highest BCUT2D eigenvalue weighted by molar-refractivity contribution is 8.32. The van der Waals surface area contributed by atoms with Crippen molar-refractivity contribution in [2.24, 2.45) is 0 Å². The van der Waals surface area contributed by atoms with Crippen LogP contribution in [-0.4, -0.2) is 37.7 Å². The summed E-state index contributed by atoms with van der Waals surface area (Å²) in [6.07, 6.45) is 3.46. The predicted molar refractivity (Wildman–Crippen MR) is 99.7 cm³/mol. The van der Waals surface area contributed by atoms with E-state index in [-0.39, 0.29) is 21.4 Å². The van der Waals surface area contributed by atoms with E-state index < -0.39 is 26.1 Å². The van der Waals surface area contributed by atoms with Crippen molar-refractivity contribution in [2.75, 3.05) is 19.3 Å². The number of carbonyl (C=O) groups is 1. The molecule has 1 heterocycles. The molecule has 0 unspecified atom stereocenters. The van der Waals surface area contributed by atoms with Gasteiger partial charge in [0.25, 0.3) is 0 Å². The van der Waals surface area contributed by atoms with E-state index in [1.807, 2.05) is 6.92 Å². The Morgan fingerprint density at radius 2 is 1.64 bits per heavy atom. The second-order valence-corrected chi connectivity index (χ2v) is 10.0. The molecule has 0 spiro atoms. The van der Waals surface area contributed by atoms with Crippen LogP contribution in [0.3, 0.4) is 0 Å². The quantitative estimate of drug-likeness (QED) is 0.606. The second-order valence-electron chi connectivity index (χ2n) is 5.82. The van der Waals surface area contributed by atoms with Gasteiger partial charge in [0.15, 0.2) is 11.5 Å². The van der Waals surface area contributed by atoms with Crippen LogP contribution in [0.2, 0.25) is 0 Å². The van der Waals surface area contributed by atoms with E-state index in [4.69, 9.17) is 9.47 Å². The molecular weight excluding hydrogens is 360 g/mol. The molecule has 0 amide bonds. The Hall–Kier alpha value is -2.12. The molecule has 2 aromatic rings. The summed E-state index contributed by atoms with van der Waals surface area (Å²) in [6, 6.07) is 11.2. The van der Waals surface area contributed by atoms with Gasteiger partial charge in [-0.05, 0) is 49.8 Å². The van der Waals surface area contributed by atoms with Gasteiger partial charge in [-0.15, -0.1) is 0 Å². The molecule has 0 fully saturated rings.